The van der Waals surface area contributed by atoms with Crippen molar-refractivity contribution in [2.75, 3.05) is 12.4 Å². The average molecular weight is 400 g/mol. The standard InChI is InChI=1S/C24H24N4O2/c1-27(15-19-6-5-17-10-12-28-11-2-3-20(28)23(17)19)22(30)9-4-16-13-18-7-8-21(29)26-24(18)25-14-16/h4-6,9-10,12-14H,2-3,7-8,11,15H2,1H3,(H,25,26,29)/b9-4+. The molecule has 3 aliphatic heterocycles. The first-order chi connectivity index (χ1) is 14.6. The lowest BCUT2D eigenvalue weighted by atomic mass is 10.0. The third-order valence-electron chi connectivity index (χ3n) is 6.02. The Hall–Kier alpha value is -3.41. The number of rotatable bonds is 4. The summed E-state index contributed by atoms with van der Waals surface area (Å²) < 4.78 is 2.33. The molecule has 1 N–H and O–H groups in total. The van der Waals surface area contributed by atoms with Crippen LogP contribution in [0.2, 0.25) is 0 Å². The number of likely N-dealkylation sites (N-methyl/N-ethyl adjacent to an activating group) is 1. The highest BCUT2D eigenvalue weighted by Gasteiger charge is 2.21. The summed E-state index contributed by atoms with van der Waals surface area (Å²) in [7, 11) is 1.84. The highest BCUT2D eigenvalue weighted by molar-refractivity contribution is 5.94. The number of anilines is 1. The lowest BCUT2D eigenvalue weighted by Crippen LogP contribution is -2.24. The Bertz CT molecular complexity index is 1140. The predicted molar refractivity (Wildman–Crippen MR) is 116 cm³/mol. The first-order valence-electron chi connectivity index (χ1n) is 10.4. The van der Waals surface area contributed by atoms with Crippen molar-refractivity contribution in [1.29, 1.82) is 0 Å². The van der Waals surface area contributed by atoms with Crippen molar-refractivity contribution in [3.05, 3.63) is 65.1 Å². The van der Waals surface area contributed by atoms with Gasteiger partial charge in [0, 0.05) is 56.3 Å². The first kappa shape index (κ1) is 18.6. The predicted octanol–water partition coefficient (Wildman–Crippen LogP) is 3.49. The molecule has 0 saturated carbocycles. The Balaban J connectivity index is 1.30. The Morgan fingerprint density at radius 2 is 2.17 bits per heavy atom. The molecule has 0 saturated heterocycles. The molecule has 6 nitrogen and oxygen atoms in total. The quantitative estimate of drug-likeness (QED) is 0.682. The fourth-order valence-electron chi connectivity index (χ4n) is 4.46. The number of pyridine rings is 2. The molecular formula is C24H24N4O2. The molecule has 30 heavy (non-hydrogen) atoms. The molecule has 2 amide bonds. The summed E-state index contributed by atoms with van der Waals surface area (Å²) in [4.78, 5) is 30.2. The van der Waals surface area contributed by atoms with Gasteiger partial charge < -0.3 is 14.8 Å². The van der Waals surface area contributed by atoms with E-state index in [-0.39, 0.29) is 11.8 Å². The summed E-state index contributed by atoms with van der Waals surface area (Å²) in [5.41, 5.74) is 7.01. The van der Waals surface area contributed by atoms with E-state index in [1.807, 2.05) is 13.1 Å². The third-order valence-corrected chi connectivity index (χ3v) is 6.02. The lowest BCUT2D eigenvalue weighted by molar-refractivity contribution is -0.125. The van der Waals surface area contributed by atoms with Gasteiger partial charge in [-0.2, -0.15) is 0 Å². The second kappa shape index (κ2) is 7.44. The summed E-state index contributed by atoms with van der Waals surface area (Å²) in [6, 6.07) is 8.44. The molecule has 6 heteroatoms. The number of hydrogen-bond donors (Lipinski definition) is 1. The van der Waals surface area contributed by atoms with Crippen LogP contribution in [0.5, 0.6) is 0 Å². The largest absolute Gasteiger partial charge is 0.351 e. The van der Waals surface area contributed by atoms with E-state index in [1.54, 1.807) is 23.2 Å². The van der Waals surface area contributed by atoms with Crippen molar-refractivity contribution in [3.63, 3.8) is 0 Å². The van der Waals surface area contributed by atoms with Gasteiger partial charge in [0.2, 0.25) is 11.8 Å². The van der Waals surface area contributed by atoms with Crippen molar-refractivity contribution < 1.29 is 9.59 Å². The molecule has 152 valence electrons. The molecular weight excluding hydrogens is 376 g/mol. The van der Waals surface area contributed by atoms with E-state index in [4.69, 9.17) is 0 Å². The summed E-state index contributed by atoms with van der Waals surface area (Å²) in [5.74, 6) is 0.579. The van der Waals surface area contributed by atoms with Gasteiger partial charge in [-0.15, -0.1) is 0 Å². The van der Waals surface area contributed by atoms with Crippen LogP contribution in [-0.2, 0) is 35.5 Å². The van der Waals surface area contributed by atoms with Crippen LogP contribution in [0.15, 0.2) is 42.7 Å². The van der Waals surface area contributed by atoms with Gasteiger partial charge in [0.05, 0.1) is 0 Å². The normalized spacial score (nSPS) is 15.3. The van der Waals surface area contributed by atoms with Crippen LogP contribution in [0.1, 0.15) is 35.2 Å². The topological polar surface area (TPSA) is 67.2 Å². The second-order valence-electron chi connectivity index (χ2n) is 8.10. The smallest absolute Gasteiger partial charge is 0.246 e. The first-order valence-corrected chi connectivity index (χ1v) is 10.4. The van der Waals surface area contributed by atoms with E-state index in [1.165, 1.54) is 28.8 Å². The van der Waals surface area contributed by atoms with E-state index in [0.29, 0.717) is 25.2 Å². The van der Waals surface area contributed by atoms with Crippen molar-refractivity contribution in [3.8, 4) is 11.1 Å². The van der Waals surface area contributed by atoms with E-state index in [9.17, 15) is 9.59 Å². The SMILES string of the molecule is CN(Cc1ccc2ccn3c(c1-2)CCC3)C(=O)/C=C/c1cnc2c(c1)CCC(=O)N2. The van der Waals surface area contributed by atoms with Crippen molar-refractivity contribution in [2.45, 2.75) is 38.8 Å². The number of nitrogens with zero attached hydrogens (tertiary/aromatic N) is 3. The number of aromatic nitrogens is 2. The zero-order chi connectivity index (χ0) is 20.7. The molecule has 0 unspecified atom stereocenters. The van der Waals surface area contributed by atoms with Crippen molar-refractivity contribution in [2.24, 2.45) is 0 Å². The van der Waals surface area contributed by atoms with Gasteiger partial charge in [-0.1, -0.05) is 12.1 Å². The minimum Gasteiger partial charge on any atom is -0.351 e. The molecule has 4 heterocycles. The maximum Gasteiger partial charge on any atom is 0.246 e. The zero-order valence-electron chi connectivity index (χ0n) is 17.0. The Kier molecular flexibility index (Phi) is 4.62. The third kappa shape index (κ3) is 3.38. The highest BCUT2D eigenvalue weighted by Crippen LogP contribution is 2.35. The number of hydrogen-bond acceptors (Lipinski definition) is 3. The second-order valence-corrected chi connectivity index (χ2v) is 8.10. The van der Waals surface area contributed by atoms with Crippen LogP contribution < -0.4 is 5.32 Å². The molecule has 4 aliphatic rings. The van der Waals surface area contributed by atoms with Gasteiger partial charge in [-0.05, 0) is 59.7 Å². The fourth-order valence-corrected chi connectivity index (χ4v) is 4.46. The van der Waals surface area contributed by atoms with Gasteiger partial charge in [0.25, 0.3) is 0 Å². The number of carbonyl (C=O) groups excluding carboxylic acids is 2. The molecule has 0 bridgehead atoms. The van der Waals surface area contributed by atoms with E-state index >= 15 is 0 Å². The molecule has 0 radical (unpaired) electrons. The van der Waals surface area contributed by atoms with Crippen LogP contribution in [0.4, 0.5) is 5.82 Å². The number of fused-ring (bicyclic) bond motifs is 4. The molecule has 0 fully saturated rings. The Morgan fingerprint density at radius 1 is 1.27 bits per heavy atom. The minimum atomic E-state index is -0.0457. The number of carbonyl (C=O) groups is 2. The number of aryl methyl sites for hydroxylation is 2. The van der Waals surface area contributed by atoms with E-state index in [0.717, 1.165) is 24.1 Å². The maximum atomic E-state index is 12.7. The van der Waals surface area contributed by atoms with Crippen LogP contribution in [0.3, 0.4) is 0 Å². The van der Waals surface area contributed by atoms with Crippen molar-refractivity contribution >= 4 is 23.7 Å². The van der Waals surface area contributed by atoms with Gasteiger partial charge in [0.15, 0.2) is 0 Å². The van der Waals surface area contributed by atoms with Gasteiger partial charge in [-0.3, -0.25) is 9.59 Å². The Labute approximate surface area is 175 Å². The van der Waals surface area contributed by atoms with Crippen LogP contribution in [0, 0.1) is 0 Å². The lowest BCUT2D eigenvalue weighted by Gasteiger charge is -2.18. The van der Waals surface area contributed by atoms with E-state index < -0.39 is 0 Å². The molecule has 1 aromatic heterocycles. The molecule has 5 rings (SSSR count). The monoisotopic (exact) mass is 400 g/mol. The van der Waals surface area contributed by atoms with Gasteiger partial charge in [0.1, 0.15) is 5.82 Å². The highest BCUT2D eigenvalue weighted by atomic mass is 16.2. The molecule has 0 aromatic carbocycles. The Morgan fingerprint density at radius 3 is 3.07 bits per heavy atom. The van der Waals surface area contributed by atoms with Crippen molar-refractivity contribution in [1.82, 2.24) is 14.5 Å². The zero-order valence-corrected chi connectivity index (χ0v) is 17.0. The molecule has 0 spiro atoms. The number of amides is 2. The summed E-state index contributed by atoms with van der Waals surface area (Å²) >= 11 is 0. The van der Waals surface area contributed by atoms with E-state index in [2.05, 4.69) is 39.3 Å². The summed E-state index contributed by atoms with van der Waals surface area (Å²) in [5, 5.41) is 2.78. The minimum absolute atomic E-state index is 0.000765. The van der Waals surface area contributed by atoms with Crippen LogP contribution >= 0.6 is 0 Å². The molecule has 0 atom stereocenters. The summed E-state index contributed by atoms with van der Waals surface area (Å²) in [6.07, 6.45) is 10.7. The van der Waals surface area contributed by atoms with Gasteiger partial charge in [-0.25, -0.2) is 4.98 Å². The maximum absolute atomic E-state index is 12.7. The van der Waals surface area contributed by atoms with Crippen LogP contribution in [-0.4, -0.2) is 33.3 Å². The average Bonchev–Trinajstić information content (AvgIpc) is 3.38. The molecule has 1 aliphatic carbocycles. The molecule has 1 aromatic rings. The van der Waals surface area contributed by atoms with Gasteiger partial charge >= 0.3 is 0 Å². The fraction of sp³-hybridized carbons (Fsp3) is 0.292. The summed E-state index contributed by atoms with van der Waals surface area (Å²) in [6.45, 7) is 1.66. The van der Waals surface area contributed by atoms with Crippen LogP contribution in [0.25, 0.3) is 17.2 Å². The number of nitrogens with one attached hydrogen (secondary N) is 1.